The van der Waals surface area contributed by atoms with Crippen LogP contribution in [0.15, 0.2) is 24.3 Å². The summed E-state index contributed by atoms with van der Waals surface area (Å²) in [5.41, 5.74) is 1.04. The molecule has 1 N–H and O–H groups in total. The summed E-state index contributed by atoms with van der Waals surface area (Å²) < 4.78 is 5.45. The average molecular weight is 260 g/mol. The molecule has 0 atom stereocenters. The number of carbonyl (C=O) groups excluding carboxylic acids is 1. The summed E-state index contributed by atoms with van der Waals surface area (Å²) in [6.07, 6.45) is 5.66. The van der Waals surface area contributed by atoms with Crippen LogP contribution >= 0.6 is 0 Å². The highest BCUT2D eigenvalue weighted by Crippen LogP contribution is 2.17. The van der Waals surface area contributed by atoms with Gasteiger partial charge in [-0.1, -0.05) is 24.1 Å². The maximum absolute atomic E-state index is 11.4. The van der Waals surface area contributed by atoms with E-state index in [2.05, 4.69) is 11.2 Å². The minimum absolute atomic E-state index is 0.115. The van der Waals surface area contributed by atoms with Crippen LogP contribution in [0.1, 0.15) is 12.0 Å². The standard InChI is InChI=1S/C15H20N2O2/c1-4-11-19-14-8-6-5-7-13(14)12-16-10-9-15(18)17(2)3/h1,5-8,16H,9-12H2,2-3H3. The Morgan fingerprint density at radius 1 is 1.42 bits per heavy atom. The molecule has 19 heavy (non-hydrogen) atoms. The number of amides is 1. The fourth-order valence-electron chi connectivity index (χ4n) is 1.55. The predicted molar refractivity (Wildman–Crippen MR) is 75.8 cm³/mol. The Labute approximate surface area is 114 Å². The number of hydrogen-bond acceptors (Lipinski definition) is 3. The van der Waals surface area contributed by atoms with Gasteiger partial charge < -0.3 is 15.0 Å². The Morgan fingerprint density at radius 3 is 2.84 bits per heavy atom. The largest absolute Gasteiger partial charge is 0.481 e. The number of nitrogens with zero attached hydrogens (tertiary/aromatic N) is 1. The van der Waals surface area contributed by atoms with Gasteiger partial charge >= 0.3 is 0 Å². The Balaban J connectivity index is 2.41. The van der Waals surface area contributed by atoms with Crippen LogP contribution in [-0.4, -0.2) is 38.1 Å². The molecule has 4 nitrogen and oxygen atoms in total. The molecule has 102 valence electrons. The fraction of sp³-hybridized carbons (Fsp3) is 0.400. The van der Waals surface area contributed by atoms with Crippen molar-refractivity contribution in [2.24, 2.45) is 0 Å². The second-order valence-electron chi connectivity index (χ2n) is 4.32. The number of benzene rings is 1. The van der Waals surface area contributed by atoms with Crippen LogP contribution in [0.2, 0.25) is 0 Å². The molecule has 0 saturated carbocycles. The van der Waals surface area contributed by atoms with Crippen molar-refractivity contribution in [3.63, 3.8) is 0 Å². The zero-order valence-corrected chi connectivity index (χ0v) is 11.5. The molecule has 1 aromatic carbocycles. The number of hydrogen-bond donors (Lipinski definition) is 1. The molecule has 1 rings (SSSR count). The van der Waals surface area contributed by atoms with Crippen molar-refractivity contribution in [1.82, 2.24) is 10.2 Å². The van der Waals surface area contributed by atoms with E-state index in [1.54, 1.807) is 19.0 Å². The van der Waals surface area contributed by atoms with E-state index in [1.165, 1.54) is 0 Å². The zero-order valence-electron chi connectivity index (χ0n) is 11.5. The van der Waals surface area contributed by atoms with Crippen molar-refractivity contribution in [2.75, 3.05) is 27.2 Å². The van der Waals surface area contributed by atoms with Crippen LogP contribution < -0.4 is 10.1 Å². The van der Waals surface area contributed by atoms with E-state index in [0.29, 0.717) is 19.5 Å². The van der Waals surface area contributed by atoms with Gasteiger partial charge in [-0.05, 0) is 6.07 Å². The normalized spacial score (nSPS) is 9.74. The lowest BCUT2D eigenvalue weighted by molar-refractivity contribution is -0.128. The lowest BCUT2D eigenvalue weighted by atomic mass is 10.2. The van der Waals surface area contributed by atoms with Crippen molar-refractivity contribution in [2.45, 2.75) is 13.0 Å². The number of rotatable bonds is 7. The molecule has 4 heteroatoms. The van der Waals surface area contributed by atoms with Gasteiger partial charge in [0.2, 0.25) is 5.91 Å². The Morgan fingerprint density at radius 2 is 2.16 bits per heavy atom. The third kappa shape index (κ3) is 5.45. The van der Waals surface area contributed by atoms with E-state index in [4.69, 9.17) is 11.2 Å². The van der Waals surface area contributed by atoms with Crippen LogP contribution in [0.5, 0.6) is 5.75 Å². The van der Waals surface area contributed by atoms with Gasteiger partial charge in [0.1, 0.15) is 12.4 Å². The molecule has 0 aliphatic rings. The van der Waals surface area contributed by atoms with Crippen molar-refractivity contribution in [3.8, 4) is 18.1 Å². The highest BCUT2D eigenvalue weighted by atomic mass is 16.5. The lowest BCUT2D eigenvalue weighted by Crippen LogP contribution is -2.26. The average Bonchev–Trinajstić information content (AvgIpc) is 2.42. The number of ether oxygens (including phenoxy) is 1. The minimum Gasteiger partial charge on any atom is -0.481 e. The van der Waals surface area contributed by atoms with E-state index in [0.717, 1.165) is 11.3 Å². The van der Waals surface area contributed by atoms with E-state index in [1.807, 2.05) is 24.3 Å². The summed E-state index contributed by atoms with van der Waals surface area (Å²) >= 11 is 0. The topological polar surface area (TPSA) is 41.6 Å². The van der Waals surface area contributed by atoms with Crippen LogP contribution in [0.3, 0.4) is 0 Å². The molecule has 0 bridgehead atoms. The third-order valence-corrected chi connectivity index (χ3v) is 2.61. The Kier molecular flexibility index (Phi) is 6.48. The summed E-state index contributed by atoms with van der Waals surface area (Å²) in [6, 6.07) is 7.72. The second kappa shape index (κ2) is 8.17. The van der Waals surface area contributed by atoms with Crippen molar-refractivity contribution >= 4 is 5.91 Å². The van der Waals surface area contributed by atoms with E-state index >= 15 is 0 Å². The molecule has 0 unspecified atom stereocenters. The quantitative estimate of drug-likeness (QED) is 0.593. The first-order valence-electron chi connectivity index (χ1n) is 6.20. The zero-order chi connectivity index (χ0) is 14.1. The van der Waals surface area contributed by atoms with Gasteiger partial charge in [-0.3, -0.25) is 4.79 Å². The van der Waals surface area contributed by atoms with Gasteiger partial charge in [-0.2, -0.15) is 0 Å². The van der Waals surface area contributed by atoms with Crippen molar-refractivity contribution in [1.29, 1.82) is 0 Å². The van der Waals surface area contributed by atoms with Gasteiger partial charge in [0, 0.05) is 39.2 Å². The number of nitrogens with one attached hydrogen (secondary N) is 1. The van der Waals surface area contributed by atoms with Gasteiger partial charge in [-0.25, -0.2) is 0 Å². The van der Waals surface area contributed by atoms with Crippen LogP contribution in [-0.2, 0) is 11.3 Å². The maximum Gasteiger partial charge on any atom is 0.223 e. The first-order chi connectivity index (χ1) is 9.15. The van der Waals surface area contributed by atoms with E-state index < -0.39 is 0 Å². The molecule has 1 amide bonds. The summed E-state index contributed by atoms with van der Waals surface area (Å²) in [7, 11) is 3.51. The number of carbonyl (C=O) groups is 1. The molecule has 0 aliphatic heterocycles. The monoisotopic (exact) mass is 260 g/mol. The molecule has 0 heterocycles. The summed E-state index contributed by atoms with van der Waals surface area (Å²) in [5.74, 6) is 3.34. The second-order valence-corrected chi connectivity index (χ2v) is 4.32. The van der Waals surface area contributed by atoms with E-state index in [9.17, 15) is 4.79 Å². The van der Waals surface area contributed by atoms with Crippen molar-refractivity contribution in [3.05, 3.63) is 29.8 Å². The molecular weight excluding hydrogens is 240 g/mol. The molecule has 1 aromatic rings. The molecule has 0 fully saturated rings. The molecule has 0 radical (unpaired) electrons. The van der Waals surface area contributed by atoms with Crippen molar-refractivity contribution < 1.29 is 9.53 Å². The molecular formula is C15H20N2O2. The Bertz CT molecular complexity index is 450. The van der Waals surface area contributed by atoms with Gasteiger partial charge in [-0.15, -0.1) is 6.42 Å². The first-order valence-corrected chi connectivity index (χ1v) is 6.20. The number of para-hydroxylation sites is 1. The van der Waals surface area contributed by atoms with Crippen LogP contribution in [0.25, 0.3) is 0 Å². The first kappa shape index (κ1) is 15.1. The van der Waals surface area contributed by atoms with Crippen LogP contribution in [0, 0.1) is 12.3 Å². The SMILES string of the molecule is C#CCOc1ccccc1CNCCC(=O)N(C)C. The van der Waals surface area contributed by atoms with E-state index in [-0.39, 0.29) is 12.5 Å². The maximum atomic E-state index is 11.4. The summed E-state index contributed by atoms with van der Waals surface area (Å²) in [6.45, 7) is 1.55. The third-order valence-electron chi connectivity index (χ3n) is 2.61. The summed E-state index contributed by atoms with van der Waals surface area (Å²) in [5, 5.41) is 3.23. The van der Waals surface area contributed by atoms with Gasteiger partial charge in [0.25, 0.3) is 0 Å². The molecule has 0 spiro atoms. The predicted octanol–water partition coefficient (Wildman–Crippen LogP) is 1.27. The summed E-state index contributed by atoms with van der Waals surface area (Å²) in [4.78, 5) is 13.0. The van der Waals surface area contributed by atoms with Gasteiger partial charge in [0.05, 0.1) is 0 Å². The minimum atomic E-state index is 0.115. The lowest BCUT2D eigenvalue weighted by Gasteiger charge is -2.12. The molecule has 0 saturated heterocycles. The van der Waals surface area contributed by atoms with Crippen LogP contribution in [0.4, 0.5) is 0 Å². The number of terminal acetylenes is 1. The Hall–Kier alpha value is -1.99. The van der Waals surface area contributed by atoms with Gasteiger partial charge in [0.15, 0.2) is 0 Å². The highest BCUT2D eigenvalue weighted by molar-refractivity contribution is 5.75. The molecule has 0 aromatic heterocycles. The highest BCUT2D eigenvalue weighted by Gasteiger charge is 2.04. The smallest absolute Gasteiger partial charge is 0.223 e. The molecule has 0 aliphatic carbocycles. The fourth-order valence-corrected chi connectivity index (χ4v) is 1.55.